The fourth-order valence-electron chi connectivity index (χ4n) is 2.77. The Morgan fingerprint density at radius 1 is 0.909 bits per heavy atom. The number of ether oxygens (including phenoxy) is 1. The standard InChI is InChI=1S/C20H18F6N6O/c1-11(10-33-2)28-16-9-17(29-12-6-7-27-15(8-12)20(24,25)26)32-18(31-16)13-4-3-5-14(30-13)19(21,22)23/h3-9,11H,10H2,1-2H3,(H2,27,28,29,31,32). The van der Waals surface area contributed by atoms with Crippen LogP contribution in [0.4, 0.5) is 43.7 Å². The topological polar surface area (TPSA) is 84.9 Å². The van der Waals surface area contributed by atoms with E-state index in [1.807, 2.05) is 0 Å². The van der Waals surface area contributed by atoms with Crippen LogP contribution in [-0.2, 0) is 17.1 Å². The Morgan fingerprint density at radius 2 is 1.61 bits per heavy atom. The lowest BCUT2D eigenvalue weighted by Crippen LogP contribution is -2.21. The average molecular weight is 472 g/mol. The van der Waals surface area contributed by atoms with Gasteiger partial charge >= 0.3 is 12.4 Å². The minimum Gasteiger partial charge on any atom is -0.383 e. The van der Waals surface area contributed by atoms with Gasteiger partial charge in [0.1, 0.15) is 28.7 Å². The molecule has 0 fully saturated rings. The molecule has 0 radical (unpaired) electrons. The minimum absolute atomic E-state index is 0.0230. The molecule has 33 heavy (non-hydrogen) atoms. The second-order valence-corrected chi connectivity index (χ2v) is 6.92. The molecule has 2 N–H and O–H groups in total. The molecule has 0 bridgehead atoms. The van der Waals surface area contributed by atoms with E-state index < -0.39 is 23.7 Å². The molecule has 0 saturated heterocycles. The highest BCUT2D eigenvalue weighted by atomic mass is 19.4. The van der Waals surface area contributed by atoms with E-state index in [2.05, 4.69) is 30.6 Å². The number of rotatable bonds is 7. The van der Waals surface area contributed by atoms with Gasteiger partial charge in [0.25, 0.3) is 0 Å². The number of methoxy groups -OCH3 is 1. The van der Waals surface area contributed by atoms with Crippen molar-refractivity contribution >= 4 is 17.3 Å². The van der Waals surface area contributed by atoms with E-state index >= 15 is 0 Å². The van der Waals surface area contributed by atoms with Gasteiger partial charge in [0.15, 0.2) is 5.82 Å². The molecule has 0 saturated carbocycles. The monoisotopic (exact) mass is 472 g/mol. The molecule has 1 atom stereocenters. The number of anilines is 3. The van der Waals surface area contributed by atoms with Crippen LogP contribution in [0.2, 0.25) is 0 Å². The molecule has 3 aromatic rings. The fourth-order valence-corrected chi connectivity index (χ4v) is 2.77. The van der Waals surface area contributed by atoms with Gasteiger partial charge in [-0.2, -0.15) is 26.3 Å². The Bertz CT molecular complexity index is 1100. The van der Waals surface area contributed by atoms with E-state index in [1.54, 1.807) is 6.92 Å². The summed E-state index contributed by atoms with van der Waals surface area (Å²) in [6.45, 7) is 2.07. The number of pyridine rings is 2. The van der Waals surface area contributed by atoms with E-state index in [9.17, 15) is 26.3 Å². The molecule has 0 aliphatic carbocycles. The van der Waals surface area contributed by atoms with E-state index in [-0.39, 0.29) is 34.9 Å². The lowest BCUT2D eigenvalue weighted by Gasteiger charge is -2.16. The van der Waals surface area contributed by atoms with E-state index in [0.29, 0.717) is 6.61 Å². The van der Waals surface area contributed by atoms with Crippen LogP contribution in [0.25, 0.3) is 11.5 Å². The first-order chi connectivity index (χ1) is 15.5. The minimum atomic E-state index is -4.68. The van der Waals surface area contributed by atoms with Crippen molar-refractivity contribution in [2.75, 3.05) is 24.4 Å². The lowest BCUT2D eigenvalue weighted by atomic mass is 10.2. The molecule has 3 heterocycles. The summed E-state index contributed by atoms with van der Waals surface area (Å²) in [4.78, 5) is 15.2. The number of aromatic nitrogens is 4. The van der Waals surface area contributed by atoms with Crippen LogP contribution >= 0.6 is 0 Å². The number of nitrogens with zero attached hydrogens (tertiary/aromatic N) is 4. The molecule has 0 aliphatic heterocycles. The highest BCUT2D eigenvalue weighted by Gasteiger charge is 2.33. The van der Waals surface area contributed by atoms with Crippen LogP contribution in [0.15, 0.2) is 42.6 Å². The zero-order valence-corrected chi connectivity index (χ0v) is 17.3. The van der Waals surface area contributed by atoms with Crippen molar-refractivity contribution in [2.45, 2.75) is 25.3 Å². The van der Waals surface area contributed by atoms with Gasteiger partial charge in [-0.05, 0) is 31.2 Å². The second-order valence-electron chi connectivity index (χ2n) is 6.92. The zero-order valence-electron chi connectivity index (χ0n) is 17.3. The van der Waals surface area contributed by atoms with Gasteiger partial charge < -0.3 is 15.4 Å². The predicted molar refractivity (Wildman–Crippen MR) is 108 cm³/mol. The van der Waals surface area contributed by atoms with Crippen molar-refractivity contribution in [3.8, 4) is 11.5 Å². The Labute approximate surface area is 184 Å². The van der Waals surface area contributed by atoms with E-state index in [1.165, 1.54) is 25.3 Å². The Kier molecular flexibility index (Phi) is 7.01. The third kappa shape index (κ3) is 6.51. The predicted octanol–water partition coefficient (Wildman–Crippen LogP) is 5.16. The zero-order chi connectivity index (χ0) is 24.2. The molecule has 0 aromatic carbocycles. The summed E-state index contributed by atoms with van der Waals surface area (Å²) < 4.78 is 83.2. The summed E-state index contributed by atoms with van der Waals surface area (Å²) in [6.07, 6.45) is -8.36. The third-order valence-corrected chi connectivity index (χ3v) is 4.13. The molecule has 1 unspecified atom stereocenters. The number of nitrogens with one attached hydrogen (secondary N) is 2. The van der Waals surface area contributed by atoms with Gasteiger partial charge in [0.05, 0.1) is 6.61 Å². The van der Waals surface area contributed by atoms with Gasteiger partial charge in [-0.15, -0.1) is 0 Å². The average Bonchev–Trinajstić information content (AvgIpc) is 2.73. The van der Waals surface area contributed by atoms with Crippen LogP contribution in [-0.4, -0.2) is 39.7 Å². The quantitative estimate of drug-likeness (QED) is 0.460. The molecule has 0 spiro atoms. The van der Waals surface area contributed by atoms with Crippen LogP contribution in [0.1, 0.15) is 18.3 Å². The molecule has 0 amide bonds. The maximum absolute atomic E-state index is 13.1. The Morgan fingerprint density at radius 3 is 2.27 bits per heavy atom. The molecular weight excluding hydrogens is 454 g/mol. The van der Waals surface area contributed by atoms with Crippen molar-refractivity contribution in [3.05, 3.63) is 54.0 Å². The molecule has 176 valence electrons. The number of halogens is 6. The molecule has 7 nitrogen and oxygen atoms in total. The number of hydrogen-bond acceptors (Lipinski definition) is 7. The first-order valence-electron chi connectivity index (χ1n) is 9.45. The number of hydrogen-bond donors (Lipinski definition) is 2. The van der Waals surface area contributed by atoms with Crippen molar-refractivity contribution in [1.29, 1.82) is 0 Å². The van der Waals surface area contributed by atoms with Gasteiger partial charge in [-0.25, -0.2) is 15.0 Å². The van der Waals surface area contributed by atoms with Crippen LogP contribution in [0.3, 0.4) is 0 Å². The van der Waals surface area contributed by atoms with E-state index in [4.69, 9.17) is 4.74 Å². The Hall–Kier alpha value is -3.48. The summed E-state index contributed by atoms with van der Waals surface area (Å²) >= 11 is 0. The summed E-state index contributed by atoms with van der Waals surface area (Å²) in [5.41, 5.74) is -2.39. The Balaban J connectivity index is 2.02. The van der Waals surface area contributed by atoms with Crippen LogP contribution in [0, 0.1) is 0 Å². The molecule has 3 rings (SSSR count). The third-order valence-electron chi connectivity index (χ3n) is 4.13. The normalized spacial score (nSPS) is 13.0. The van der Waals surface area contributed by atoms with Crippen molar-refractivity contribution in [1.82, 2.24) is 19.9 Å². The van der Waals surface area contributed by atoms with Crippen LogP contribution in [0.5, 0.6) is 0 Å². The van der Waals surface area contributed by atoms with Gasteiger partial charge in [0, 0.05) is 31.1 Å². The smallest absolute Gasteiger partial charge is 0.383 e. The second kappa shape index (κ2) is 9.57. The first kappa shape index (κ1) is 24.2. The summed E-state index contributed by atoms with van der Waals surface area (Å²) in [5, 5.41) is 5.71. The fraction of sp³-hybridized carbons (Fsp3) is 0.300. The lowest BCUT2D eigenvalue weighted by molar-refractivity contribution is -0.141. The van der Waals surface area contributed by atoms with E-state index in [0.717, 1.165) is 24.4 Å². The molecular formula is C20H18F6N6O. The maximum Gasteiger partial charge on any atom is 0.433 e. The van der Waals surface area contributed by atoms with Crippen molar-refractivity contribution < 1.29 is 31.1 Å². The van der Waals surface area contributed by atoms with Gasteiger partial charge in [-0.3, -0.25) is 4.98 Å². The highest BCUT2D eigenvalue weighted by molar-refractivity contribution is 5.64. The van der Waals surface area contributed by atoms with Gasteiger partial charge in [-0.1, -0.05) is 6.07 Å². The molecule has 3 aromatic heterocycles. The summed E-state index contributed by atoms with van der Waals surface area (Å²) in [6, 6.07) is 6.50. The van der Waals surface area contributed by atoms with Crippen LogP contribution < -0.4 is 10.6 Å². The van der Waals surface area contributed by atoms with Crippen molar-refractivity contribution in [2.24, 2.45) is 0 Å². The maximum atomic E-state index is 13.1. The van der Waals surface area contributed by atoms with Gasteiger partial charge in [0.2, 0.25) is 0 Å². The summed E-state index contributed by atoms with van der Waals surface area (Å²) in [7, 11) is 1.49. The largest absolute Gasteiger partial charge is 0.433 e. The molecule has 0 aliphatic rings. The SMILES string of the molecule is COCC(C)Nc1cc(Nc2ccnc(C(F)(F)F)c2)nc(-c2cccc(C(F)(F)F)n2)n1. The summed E-state index contributed by atoms with van der Waals surface area (Å²) in [5.74, 6) is 0.0744. The van der Waals surface area contributed by atoms with Crippen molar-refractivity contribution in [3.63, 3.8) is 0 Å². The number of alkyl halides is 6. The molecule has 13 heteroatoms. The highest BCUT2D eigenvalue weighted by Crippen LogP contribution is 2.31. The first-order valence-corrected chi connectivity index (χ1v) is 9.45.